The second-order valence-electron chi connectivity index (χ2n) is 3.83. The molecule has 0 aliphatic rings. The minimum Gasteiger partial charge on any atom is -0.497 e. The number of benzene rings is 1. The van der Waals surface area contributed by atoms with Crippen molar-refractivity contribution in [3.8, 4) is 16.2 Å². The monoisotopic (exact) mass is 258 g/mol. The number of thiophene rings is 1. The van der Waals surface area contributed by atoms with E-state index < -0.39 is 0 Å². The highest BCUT2D eigenvalue weighted by atomic mass is 32.1. The molecule has 18 heavy (non-hydrogen) atoms. The van der Waals surface area contributed by atoms with Crippen molar-refractivity contribution >= 4 is 22.3 Å². The van der Waals surface area contributed by atoms with Crippen molar-refractivity contribution in [2.75, 3.05) is 7.11 Å². The van der Waals surface area contributed by atoms with Gasteiger partial charge in [0, 0.05) is 10.3 Å². The highest BCUT2D eigenvalue weighted by Gasteiger charge is 2.09. The van der Waals surface area contributed by atoms with E-state index in [4.69, 9.17) is 9.15 Å². The van der Waals surface area contributed by atoms with Crippen molar-refractivity contribution in [3.05, 3.63) is 52.2 Å². The molecule has 2 heterocycles. The Hall–Kier alpha value is -2.07. The van der Waals surface area contributed by atoms with Crippen LogP contribution in [0.15, 0.2) is 51.0 Å². The number of methoxy groups -OCH3 is 1. The lowest BCUT2D eigenvalue weighted by molar-refractivity contribution is 0.415. The predicted molar refractivity (Wildman–Crippen MR) is 72.3 cm³/mol. The largest absolute Gasteiger partial charge is 0.497 e. The van der Waals surface area contributed by atoms with Crippen LogP contribution in [0.5, 0.6) is 5.75 Å². The zero-order valence-electron chi connectivity index (χ0n) is 9.67. The number of rotatable bonds is 2. The number of hydrogen-bond acceptors (Lipinski definition) is 4. The Kier molecular flexibility index (Phi) is 2.64. The fourth-order valence-electron chi connectivity index (χ4n) is 1.83. The highest BCUT2D eigenvalue weighted by Crippen LogP contribution is 2.26. The van der Waals surface area contributed by atoms with E-state index >= 15 is 0 Å². The van der Waals surface area contributed by atoms with Crippen LogP contribution >= 0.6 is 11.3 Å². The molecule has 0 saturated heterocycles. The lowest BCUT2D eigenvalue weighted by Gasteiger charge is -2.03. The Morgan fingerprint density at radius 1 is 1.22 bits per heavy atom. The van der Waals surface area contributed by atoms with Gasteiger partial charge in [-0.2, -0.15) is 0 Å². The van der Waals surface area contributed by atoms with Gasteiger partial charge in [0.15, 0.2) is 0 Å². The van der Waals surface area contributed by atoms with Gasteiger partial charge >= 0.3 is 5.63 Å². The molecule has 0 amide bonds. The van der Waals surface area contributed by atoms with Crippen molar-refractivity contribution in [1.29, 1.82) is 0 Å². The summed E-state index contributed by atoms with van der Waals surface area (Å²) >= 11 is 1.52. The Bertz CT molecular complexity index is 741. The molecule has 0 bridgehead atoms. The summed E-state index contributed by atoms with van der Waals surface area (Å²) in [6.07, 6.45) is 0. The fourth-order valence-corrected chi connectivity index (χ4v) is 2.56. The summed E-state index contributed by atoms with van der Waals surface area (Å²) in [5.74, 6) is 0.744. The molecule has 0 saturated carbocycles. The molecule has 2 aromatic heterocycles. The molecule has 0 atom stereocenters. The summed E-state index contributed by atoms with van der Waals surface area (Å²) in [5.41, 5.74) is 0.849. The maximum Gasteiger partial charge on any atom is 0.345 e. The minimum absolute atomic E-state index is 0.310. The second kappa shape index (κ2) is 4.31. The molecule has 0 aliphatic carbocycles. The van der Waals surface area contributed by atoms with Crippen molar-refractivity contribution in [1.82, 2.24) is 0 Å². The quantitative estimate of drug-likeness (QED) is 0.660. The molecule has 4 heteroatoms. The first-order chi connectivity index (χ1) is 8.78. The van der Waals surface area contributed by atoms with Crippen LogP contribution in [0.3, 0.4) is 0 Å². The van der Waals surface area contributed by atoms with Crippen LogP contribution in [-0.4, -0.2) is 7.11 Å². The van der Waals surface area contributed by atoms with E-state index in [2.05, 4.69) is 0 Å². The molecule has 1 aromatic carbocycles. The van der Waals surface area contributed by atoms with E-state index in [0.717, 1.165) is 16.0 Å². The summed E-state index contributed by atoms with van der Waals surface area (Å²) in [6, 6.07) is 11.0. The number of hydrogen-bond donors (Lipinski definition) is 0. The molecule has 0 unspecified atom stereocenters. The van der Waals surface area contributed by atoms with Gasteiger partial charge in [0.2, 0.25) is 0 Å². The zero-order chi connectivity index (χ0) is 12.5. The summed E-state index contributed by atoms with van der Waals surface area (Å²) in [6.45, 7) is 0. The van der Waals surface area contributed by atoms with Crippen molar-refractivity contribution in [2.24, 2.45) is 0 Å². The second-order valence-corrected chi connectivity index (χ2v) is 4.78. The first-order valence-electron chi connectivity index (χ1n) is 5.44. The van der Waals surface area contributed by atoms with Crippen LogP contribution in [0.4, 0.5) is 0 Å². The molecule has 90 valence electrons. The van der Waals surface area contributed by atoms with E-state index in [1.54, 1.807) is 19.2 Å². The van der Waals surface area contributed by atoms with Gasteiger partial charge < -0.3 is 9.15 Å². The molecule has 0 fully saturated rings. The third-order valence-electron chi connectivity index (χ3n) is 2.73. The Balaban J connectivity index is 2.28. The first-order valence-corrected chi connectivity index (χ1v) is 6.31. The van der Waals surface area contributed by atoms with E-state index in [0.29, 0.717) is 11.1 Å². The van der Waals surface area contributed by atoms with E-state index in [9.17, 15) is 4.79 Å². The lowest BCUT2D eigenvalue weighted by atomic mass is 10.1. The maximum absolute atomic E-state index is 11.9. The van der Waals surface area contributed by atoms with E-state index in [1.165, 1.54) is 11.3 Å². The van der Waals surface area contributed by atoms with Gasteiger partial charge in [-0.05, 0) is 35.7 Å². The van der Waals surface area contributed by atoms with Crippen LogP contribution < -0.4 is 10.4 Å². The Morgan fingerprint density at radius 2 is 2.11 bits per heavy atom. The zero-order valence-corrected chi connectivity index (χ0v) is 10.5. The first kappa shape index (κ1) is 11.0. The molecular weight excluding hydrogens is 248 g/mol. The Labute approximate surface area is 107 Å². The summed E-state index contributed by atoms with van der Waals surface area (Å²) < 4.78 is 10.5. The van der Waals surface area contributed by atoms with Crippen LogP contribution in [-0.2, 0) is 0 Å². The maximum atomic E-state index is 11.9. The predicted octanol–water partition coefficient (Wildman–Crippen LogP) is 3.53. The third-order valence-corrected chi connectivity index (χ3v) is 3.63. The molecule has 0 N–H and O–H groups in total. The number of ether oxygens (including phenoxy) is 1. The lowest BCUT2D eigenvalue weighted by Crippen LogP contribution is -2.01. The molecule has 0 aliphatic heterocycles. The molecule has 3 aromatic rings. The van der Waals surface area contributed by atoms with Crippen molar-refractivity contribution < 1.29 is 9.15 Å². The van der Waals surface area contributed by atoms with Crippen molar-refractivity contribution in [2.45, 2.75) is 0 Å². The van der Waals surface area contributed by atoms with Crippen LogP contribution in [0.1, 0.15) is 0 Å². The van der Waals surface area contributed by atoms with Gasteiger partial charge in [0.1, 0.15) is 11.3 Å². The molecule has 0 spiro atoms. The third kappa shape index (κ3) is 1.80. The average molecular weight is 258 g/mol. The average Bonchev–Trinajstić information content (AvgIpc) is 2.91. The van der Waals surface area contributed by atoms with Crippen LogP contribution in [0.25, 0.3) is 21.4 Å². The SMILES string of the molecule is COc1ccc2oc(=O)c(-c3cccs3)cc2c1. The normalized spacial score (nSPS) is 10.7. The number of fused-ring (bicyclic) bond motifs is 1. The molecule has 3 nitrogen and oxygen atoms in total. The van der Waals surface area contributed by atoms with Gasteiger partial charge in [0.05, 0.1) is 12.7 Å². The van der Waals surface area contributed by atoms with Gasteiger partial charge in [-0.3, -0.25) is 0 Å². The summed E-state index contributed by atoms with van der Waals surface area (Å²) in [7, 11) is 1.61. The topological polar surface area (TPSA) is 39.4 Å². The molecular formula is C14H10O3S. The van der Waals surface area contributed by atoms with Crippen LogP contribution in [0, 0.1) is 0 Å². The van der Waals surface area contributed by atoms with E-state index in [-0.39, 0.29) is 5.63 Å². The highest BCUT2D eigenvalue weighted by molar-refractivity contribution is 7.13. The minimum atomic E-state index is -0.310. The molecule has 3 rings (SSSR count). The standard InChI is InChI=1S/C14H10O3S/c1-16-10-4-5-12-9(7-10)8-11(14(15)17-12)13-3-2-6-18-13/h2-8H,1H3. The smallest absolute Gasteiger partial charge is 0.345 e. The fraction of sp³-hybridized carbons (Fsp3) is 0.0714. The van der Waals surface area contributed by atoms with Gasteiger partial charge in [0.25, 0.3) is 0 Å². The summed E-state index contributed by atoms with van der Waals surface area (Å²) in [5, 5.41) is 2.79. The van der Waals surface area contributed by atoms with Crippen LogP contribution in [0.2, 0.25) is 0 Å². The molecule has 0 radical (unpaired) electrons. The van der Waals surface area contributed by atoms with Crippen molar-refractivity contribution in [3.63, 3.8) is 0 Å². The van der Waals surface area contributed by atoms with E-state index in [1.807, 2.05) is 29.6 Å². The van der Waals surface area contributed by atoms with Gasteiger partial charge in [-0.25, -0.2) is 4.79 Å². The van der Waals surface area contributed by atoms with Gasteiger partial charge in [-0.1, -0.05) is 6.07 Å². The Morgan fingerprint density at radius 3 is 2.83 bits per heavy atom. The summed E-state index contributed by atoms with van der Waals surface area (Å²) in [4.78, 5) is 12.8. The van der Waals surface area contributed by atoms with Gasteiger partial charge in [-0.15, -0.1) is 11.3 Å².